The molecule has 1 aliphatic rings. The molecule has 0 bridgehead atoms. The predicted octanol–water partition coefficient (Wildman–Crippen LogP) is 3.68. The van der Waals surface area contributed by atoms with Gasteiger partial charge in [0.15, 0.2) is 0 Å². The molecule has 2 aromatic carbocycles. The van der Waals surface area contributed by atoms with Gasteiger partial charge < -0.3 is 19.4 Å². The molecule has 1 saturated heterocycles. The van der Waals surface area contributed by atoms with Gasteiger partial charge in [-0.25, -0.2) is 4.98 Å². The number of aromatic nitrogens is 2. The van der Waals surface area contributed by atoms with Crippen LogP contribution in [0.2, 0.25) is 0 Å². The number of carbonyl (C=O) groups excluding carboxylic acids is 1. The average molecular weight is 363 g/mol. The first-order chi connectivity index (χ1) is 13.3. The Morgan fingerprint density at radius 2 is 2.07 bits per heavy atom. The van der Waals surface area contributed by atoms with Gasteiger partial charge in [0.05, 0.1) is 23.8 Å². The van der Waals surface area contributed by atoms with E-state index in [1.807, 2.05) is 47.2 Å². The maximum Gasteiger partial charge on any atom is 0.255 e. The van der Waals surface area contributed by atoms with Gasteiger partial charge in [-0.3, -0.25) is 4.79 Å². The Balaban J connectivity index is 1.41. The predicted molar refractivity (Wildman–Crippen MR) is 102 cm³/mol. The highest BCUT2D eigenvalue weighted by Crippen LogP contribution is 2.21. The molecular formula is C21H21N3O3. The standard InChI is InChI=1S/C21H21N3O3/c25-21(23-19-5-1-2-6-20(19)24-12-11-22-15-24)16-7-9-17(10-8-16)27-14-18-4-3-13-26-18/h1-2,5-12,15,18H,3-4,13-14H2,(H,23,25)/t18-/m0/s1. The maximum absolute atomic E-state index is 12.6. The van der Waals surface area contributed by atoms with Crippen LogP contribution < -0.4 is 10.1 Å². The molecule has 1 aromatic heterocycles. The van der Waals surface area contributed by atoms with E-state index in [9.17, 15) is 4.79 Å². The first-order valence-corrected chi connectivity index (χ1v) is 9.03. The zero-order chi connectivity index (χ0) is 18.5. The van der Waals surface area contributed by atoms with Gasteiger partial charge in [0, 0.05) is 24.6 Å². The third kappa shape index (κ3) is 4.17. The van der Waals surface area contributed by atoms with Crippen LogP contribution >= 0.6 is 0 Å². The van der Waals surface area contributed by atoms with Gasteiger partial charge in [0.25, 0.3) is 5.91 Å². The molecule has 138 valence electrons. The highest BCUT2D eigenvalue weighted by atomic mass is 16.5. The van der Waals surface area contributed by atoms with Crippen LogP contribution in [0.3, 0.4) is 0 Å². The number of nitrogens with zero attached hydrogens (tertiary/aromatic N) is 2. The maximum atomic E-state index is 12.6. The number of hydrogen-bond acceptors (Lipinski definition) is 4. The molecule has 1 atom stereocenters. The number of anilines is 1. The van der Waals surface area contributed by atoms with E-state index in [0.29, 0.717) is 12.2 Å². The number of benzene rings is 2. The number of para-hydroxylation sites is 2. The van der Waals surface area contributed by atoms with Gasteiger partial charge in [-0.2, -0.15) is 0 Å². The molecule has 0 radical (unpaired) electrons. The molecular weight excluding hydrogens is 342 g/mol. The lowest BCUT2D eigenvalue weighted by Gasteiger charge is -2.13. The van der Waals surface area contributed by atoms with Gasteiger partial charge in [0.2, 0.25) is 0 Å². The lowest BCUT2D eigenvalue weighted by Crippen LogP contribution is -2.16. The number of amides is 1. The molecule has 1 aliphatic heterocycles. The molecule has 6 nitrogen and oxygen atoms in total. The Bertz CT molecular complexity index is 885. The Kier molecular flexibility index (Phi) is 5.16. The summed E-state index contributed by atoms with van der Waals surface area (Å²) in [7, 11) is 0. The monoisotopic (exact) mass is 363 g/mol. The second kappa shape index (κ2) is 8.05. The van der Waals surface area contributed by atoms with Gasteiger partial charge in [-0.05, 0) is 49.2 Å². The van der Waals surface area contributed by atoms with Crippen molar-refractivity contribution in [1.82, 2.24) is 9.55 Å². The number of hydrogen-bond donors (Lipinski definition) is 1. The van der Waals surface area contributed by atoms with E-state index in [2.05, 4.69) is 10.3 Å². The fourth-order valence-corrected chi connectivity index (χ4v) is 3.07. The van der Waals surface area contributed by atoms with Crippen molar-refractivity contribution < 1.29 is 14.3 Å². The summed E-state index contributed by atoms with van der Waals surface area (Å²) in [6.07, 6.45) is 7.54. The van der Waals surface area contributed by atoms with E-state index in [1.54, 1.807) is 24.7 Å². The van der Waals surface area contributed by atoms with Crippen molar-refractivity contribution >= 4 is 11.6 Å². The number of nitrogens with one attached hydrogen (secondary N) is 1. The van der Waals surface area contributed by atoms with Crippen LogP contribution in [-0.4, -0.2) is 34.8 Å². The van der Waals surface area contributed by atoms with Crippen molar-refractivity contribution in [3.05, 3.63) is 72.8 Å². The fourth-order valence-electron chi connectivity index (χ4n) is 3.07. The summed E-state index contributed by atoms with van der Waals surface area (Å²) in [5.74, 6) is 0.564. The van der Waals surface area contributed by atoms with E-state index in [1.165, 1.54) is 0 Å². The normalized spacial score (nSPS) is 16.2. The van der Waals surface area contributed by atoms with Crippen LogP contribution in [0.4, 0.5) is 5.69 Å². The zero-order valence-corrected chi connectivity index (χ0v) is 14.9. The first-order valence-electron chi connectivity index (χ1n) is 9.03. The molecule has 3 aromatic rings. The molecule has 0 spiro atoms. The summed E-state index contributed by atoms with van der Waals surface area (Å²) in [6.45, 7) is 1.36. The Morgan fingerprint density at radius 3 is 2.81 bits per heavy atom. The number of rotatable bonds is 6. The number of imidazole rings is 1. The van der Waals surface area contributed by atoms with Crippen molar-refractivity contribution in [3.63, 3.8) is 0 Å². The second-order valence-corrected chi connectivity index (χ2v) is 6.41. The third-order valence-electron chi connectivity index (χ3n) is 4.51. The molecule has 2 heterocycles. The van der Waals surface area contributed by atoms with E-state index >= 15 is 0 Å². The topological polar surface area (TPSA) is 65.4 Å². The van der Waals surface area contributed by atoms with Crippen molar-refractivity contribution in [2.75, 3.05) is 18.5 Å². The van der Waals surface area contributed by atoms with Crippen LogP contribution in [0.25, 0.3) is 5.69 Å². The highest BCUT2D eigenvalue weighted by Gasteiger charge is 2.16. The van der Waals surface area contributed by atoms with E-state index in [-0.39, 0.29) is 12.0 Å². The largest absolute Gasteiger partial charge is 0.491 e. The first kappa shape index (κ1) is 17.3. The van der Waals surface area contributed by atoms with E-state index < -0.39 is 0 Å². The Labute approximate surface area is 157 Å². The van der Waals surface area contributed by atoms with Crippen LogP contribution in [0, 0.1) is 0 Å². The van der Waals surface area contributed by atoms with Gasteiger partial charge in [-0.15, -0.1) is 0 Å². The zero-order valence-electron chi connectivity index (χ0n) is 14.9. The highest BCUT2D eigenvalue weighted by molar-refractivity contribution is 6.05. The van der Waals surface area contributed by atoms with Gasteiger partial charge >= 0.3 is 0 Å². The molecule has 0 aliphatic carbocycles. The number of carbonyl (C=O) groups is 1. The molecule has 4 rings (SSSR count). The van der Waals surface area contributed by atoms with Crippen molar-refractivity contribution in [2.45, 2.75) is 18.9 Å². The van der Waals surface area contributed by atoms with Crippen molar-refractivity contribution in [3.8, 4) is 11.4 Å². The Hall–Kier alpha value is -3.12. The Morgan fingerprint density at radius 1 is 1.22 bits per heavy atom. The molecule has 1 amide bonds. The molecule has 27 heavy (non-hydrogen) atoms. The van der Waals surface area contributed by atoms with Crippen LogP contribution in [0.1, 0.15) is 23.2 Å². The van der Waals surface area contributed by atoms with Crippen LogP contribution in [0.5, 0.6) is 5.75 Å². The smallest absolute Gasteiger partial charge is 0.255 e. The molecule has 0 unspecified atom stereocenters. The molecule has 1 fully saturated rings. The minimum Gasteiger partial charge on any atom is -0.491 e. The third-order valence-corrected chi connectivity index (χ3v) is 4.51. The average Bonchev–Trinajstić information content (AvgIpc) is 3.41. The lowest BCUT2D eigenvalue weighted by molar-refractivity contribution is 0.0679. The summed E-state index contributed by atoms with van der Waals surface area (Å²) in [6, 6.07) is 14.8. The summed E-state index contributed by atoms with van der Waals surface area (Å²) in [4.78, 5) is 16.7. The molecule has 0 saturated carbocycles. The van der Waals surface area contributed by atoms with Crippen molar-refractivity contribution in [1.29, 1.82) is 0 Å². The summed E-state index contributed by atoms with van der Waals surface area (Å²) in [5.41, 5.74) is 2.15. The SMILES string of the molecule is O=C(Nc1ccccc1-n1ccnc1)c1ccc(OC[C@@H]2CCCO2)cc1. The van der Waals surface area contributed by atoms with Crippen LogP contribution in [-0.2, 0) is 4.74 Å². The van der Waals surface area contributed by atoms with E-state index in [0.717, 1.165) is 36.6 Å². The fraction of sp³-hybridized carbons (Fsp3) is 0.238. The summed E-state index contributed by atoms with van der Waals surface area (Å²) in [5, 5.41) is 2.96. The van der Waals surface area contributed by atoms with Gasteiger partial charge in [-0.1, -0.05) is 12.1 Å². The molecule has 1 N–H and O–H groups in total. The second-order valence-electron chi connectivity index (χ2n) is 6.41. The number of ether oxygens (including phenoxy) is 2. The minimum atomic E-state index is -0.173. The quantitative estimate of drug-likeness (QED) is 0.725. The summed E-state index contributed by atoms with van der Waals surface area (Å²) < 4.78 is 13.2. The van der Waals surface area contributed by atoms with Crippen LogP contribution in [0.15, 0.2) is 67.3 Å². The molecule has 6 heteroatoms. The van der Waals surface area contributed by atoms with Gasteiger partial charge in [0.1, 0.15) is 12.4 Å². The lowest BCUT2D eigenvalue weighted by atomic mass is 10.2. The minimum absolute atomic E-state index is 0.173. The van der Waals surface area contributed by atoms with E-state index in [4.69, 9.17) is 9.47 Å². The summed E-state index contributed by atoms with van der Waals surface area (Å²) >= 11 is 0. The van der Waals surface area contributed by atoms with Crippen molar-refractivity contribution in [2.24, 2.45) is 0 Å².